The molecule has 1 aliphatic carbocycles. The molecule has 3 N–H and O–H groups in total. The minimum atomic E-state index is -4.59. The molecule has 1 amide bonds. The van der Waals surface area contributed by atoms with Crippen LogP contribution in [0.1, 0.15) is 37.1 Å². The van der Waals surface area contributed by atoms with Crippen molar-refractivity contribution in [1.29, 1.82) is 0 Å². The molecular weight excluding hydrogens is 426 g/mol. The predicted octanol–water partition coefficient (Wildman–Crippen LogP) is 2.82. The number of alkyl halides is 3. The van der Waals surface area contributed by atoms with Gasteiger partial charge in [0.25, 0.3) is 0 Å². The Morgan fingerprint density at radius 2 is 1.88 bits per heavy atom. The van der Waals surface area contributed by atoms with E-state index in [1.807, 2.05) is 0 Å². The number of allylic oxidation sites excluding steroid dienone is 1. The van der Waals surface area contributed by atoms with E-state index in [1.165, 1.54) is 6.07 Å². The molecular formula is C24H29F3N3NaO-2. The first-order valence-corrected chi connectivity index (χ1v) is 9.67. The van der Waals surface area contributed by atoms with Crippen molar-refractivity contribution in [2.45, 2.75) is 31.9 Å². The SMILES string of the molecule is C=C(c1nc(/C=C/CNC(=O)C2CC2)cc2c(N)cccc12)C(F)(F)F.[CH2-]CC[CH2-].[CH3-].[Na+]. The number of anilines is 1. The predicted molar refractivity (Wildman–Crippen MR) is 122 cm³/mol. The molecule has 0 aliphatic heterocycles. The summed E-state index contributed by atoms with van der Waals surface area (Å²) in [4.78, 5) is 15.7. The Labute approximate surface area is 210 Å². The molecule has 1 saturated carbocycles. The van der Waals surface area contributed by atoms with E-state index in [1.54, 1.807) is 30.4 Å². The zero-order chi connectivity index (χ0) is 22.3. The van der Waals surface area contributed by atoms with Crippen LogP contribution in [0.5, 0.6) is 0 Å². The van der Waals surface area contributed by atoms with Crippen molar-refractivity contribution < 1.29 is 47.5 Å². The molecule has 3 rings (SSSR count). The third-order valence-electron chi connectivity index (χ3n) is 4.44. The molecule has 1 aromatic heterocycles. The van der Waals surface area contributed by atoms with Crippen molar-refractivity contribution in [1.82, 2.24) is 10.3 Å². The number of halogens is 3. The van der Waals surface area contributed by atoms with Gasteiger partial charge in [0, 0.05) is 28.9 Å². The Bertz CT molecular complexity index is 936. The van der Waals surface area contributed by atoms with E-state index >= 15 is 0 Å². The van der Waals surface area contributed by atoms with Crippen LogP contribution >= 0.6 is 0 Å². The summed E-state index contributed by atoms with van der Waals surface area (Å²) in [5, 5.41) is 3.52. The van der Waals surface area contributed by atoms with Gasteiger partial charge in [0.2, 0.25) is 5.91 Å². The maximum Gasteiger partial charge on any atom is 1.00 e. The number of aromatic nitrogens is 1. The van der Waals surface area contributed by atoms with Gasteiger partial charge in [-0.2, -0.15) is 13.2 Å². The number of benzene rings is 1. The molecule has 0 atom stereocenters. The molecule has 1 heterocycles. The number of amides is 1. The number of rotatable bonds is 6. The van der Waals surface area contributed by atoms with Crippen LogP contribution in [0.3, 0.4) is 0 Å². The number of fused-ring (bicyclic) bond motifs is 1. The molecule has 1 aliphatic rings. The molecule has 0 bridgehead atoms. The van der Waals surface area contributed by atoms with Gasteiger partial charge >= 0.3 is 35.7 Å². The van der Waals surface area contributed by atoms with Crippen LogP contribution in [0.25, 0.3) is 22.4 Å². The number of pyridine rings is 1. The van der Waals surface area contributed by atoms with Gasteiger partial charge in [0.05, 0.1) is 17.0 Å². The number of nitrogens with zero attached hydrogens (tertiary/aromatic N) is 1. The van der Waals surface area contributed by atoms with Crippen LogP contribution in [0.4, 0.5) is 18.9 Å². The second kappa shape index (κ2) is 13.7. The minimum absolute atomic E-state index is 0. The Hall–Kier alpha value is -1.83. The van der Waals surface area contributed by atoms with Crippen LogP contribution in [0, 0.1) is 27.2 Å². The fourth-order valence-corrected chi connectivity index (χ4v) is 2.60. The number of unbranched alkanes of at least 4 members (excludes halogenated alkanes) is 1. The monoisotopic (exact) mass is 455 g/mol. The van der Waals surface area contributed by atoms with E-state index in [0.29, 0.717) is 22.2 Å². The maximum absolute atomic E-state index is 13.1. The topological polar surface area (TPSA) is 68.0 Å². The van der Waals surface area contributed by atoms with E-state index in [0.717, 1.165) is 25.7 Å². The van der Waals surface area contributed by atoms with Gasteiger partial charge in [0.1, 0.15) is 0 Å². The smallest absolute Gasteiger partial charge is 0.398 e. The van der Waals surface area contributed by atoms with E-state index in [-0.39, 0.29) is 61.0 Å². The van der Waals surface area contributed by atoms with Crippen molar-refractivity contribution in [3.8, 4) is 0 Å². The van der Waals surface area contributed by atoms with Crippen molar-refractivity contribution >= 4 is 34.0 Å². The van der Waals surface area contributed by atoms with Gasteiger partial charge in [-0.3, -0.25) is 4.79 Å². The first-order chi connectivity index (χ1) is 14.2. The third-order valence-corrected chi connectivity index (χ3v) is 4.44. The standard InChI is InChI=1S/C19H18F3N3O.C4H8.CH3.Na/c1-11(19(20,21)22)17-14-5-2-6-16(23)15(14)10-13(25-17)4-3-9-24-18(26)12-7-8-12;1-3-4-2;;/h2-6,10,12H,1,7-9,23H2,(H,24,26);1-4H2;1H3;/q;-2;-1;+1/b4-3+;;;. The molecule has 8 heteroatoms. The van der Waals surface area contributed by atoms with Gasteiger partial charge in [-0.1, -0.05) is 24.8 Å². The summed E-state index contributed by atoms with van der Waals surface area (Å²) in [6.45, 7) is 10.5. The van der Waals surface area contributed by atoms with Crippen molar-refractivity contribution in [2.75, 3.05) is 12.3 Å². The summed E-state index contributed by atoms with van der Waals surface area (Å²) in [5.74, 6) is 0.0974. The molecule has 0 unspecified atom stereocenters. The number of carbonyl (C=O) groups excluding carboxylic acids is 1. The summed E-state index contributed by atoms with van der Waals surface area (Å²) in [7, 11) is 0. The average molecular weight is 456 g/mol. The number of hydrogen-bond acceptors (Lipinski definition) is 3. The maximum atomic E-state index is 13.1. The number of nitrogen functional groups attached to an aromatic ring is 1. The Morgan fingerprint density at radius 1 is 1.25 bits per heavy atom. The Balaban J connectivity index is 0.00000148. The molecule has 1 aromatic carbocycles. The van der Waals surface area contributed by atoms with E-state index in [9.17, 15) is 18.0 Å². The van der Waals surface area contributed by atoms with Crippen LogP contribution < -0.4 is 40.6 Å². The summed E-state index contributed by atoms with van der Waals surface area (Å²) >= 11 is 0. The second-order valence-corrected chi connectivity index (χ2v) is 6.94. The Kier molecular flexibility index (Phi) is 12.9. The number of carbonyl (C=O) groups is 1. The van der Waals surface area contributed by atoms with Crippen LogP contribution in [-0.4, -0.2) is 23.6 Å². The quantitative estimate of drug-likeness (QED) is 0.400. The van der Waals surface area contributed by atoms with Crippen molar-refractivity contribution in [3.63, 3.8) is 0 Å². The zero-order valence-electron chi connectivity index (χ0n) is 18.8. The molecule has 32 heavy (non-hydrogen) atoms. The molecule has 0 saturated heterocycles. The molecule has 0 spiro atoms. The first-order valence-electron chi connectivity index (χ1n) is 9.67. The van der Waals surface area contributed by atoms with Gasteiger partial charge in [-0.25, -0.2) is 17.8 Å². The average Bonchev–Trinajstić information content (AvgIpc) is 3.55. The van der Waals surface area contributed by atoms with E-state index in [4.69, 9.17) is 5.73 Å². The van der Waals surface area contributed by atoms with Crippen molar-refractivity contribution in [2.24, 2.45) is 5.92 Å². The fraction of sp³-hybridized carbons (Fsp3) is 0.292. The zero-order valence-corrected chi connectivity index (χ0v) is 20.8. The molecule has 4 nitrogen and oxygen atoms in total. The summed E-state index contributed by atoms with van der Waals surface area (Å²) in [6, 6.07) is 6.35. The summed E-state index contributed by atoms with van der Waals surface area (Å²) < 4.78 is 39.4. The van der Waals surface area contributed by atoms with Gasteiger partial charge in [-0.05, 0) is 31.1 Å². The molecule has 1 fully saturated rings. The van der Waals surface area contributed by atoms with Crippen LogP contribution in [0.15, 0.2) is 36.9 Å². The van der Waals surface area contributed by atoms with E-state index < -0.39 is 11.7 Å². The number of nitrogens with one attached hydrogen (secondary N) is 1. The van der Waals surface area contributed by atoms with Crippen LogP contribution in [0.2, 0.25) is 0 Å². The van der Waals surface area contributed by atoms with Gasteiger partial charge in [-0.15, -0.1) is 0 Å². The molecule has 0 radical (unpaired) electrons. The summed E-state index contributed by atoms with van der Waals surface area (Å²) in [6.07, 6.45) is 2.35. The Morgan fingerprint density at radius 3 is 2.41 bits per heavy atom. The third kappa shape index (κ3) is 8.60. The number of nitrogens with two attached hydrogens (primary N) is 1. The number of hydrogen-bond donors (Lipinski definition) is 2. The van der Waals surface area contributed by atoms with Crippen LogP contribution in [-0.2, 0) is 4.79 Å². The fourth-order valence-electron chi connectivity index (χ4n) is 2.60. The van der Waals surface area contributed by atoms with Gasteiger partial charge < -0.3 is 32.3 Å². The summed E-state index contributed by atoms with van der Waals surface area (Å²) in [5.41, 5.74) is 5.32. The largest absolute Gasteiger partial charge is 1.00 e. The van der Waals surface area contributed by atoms with E-state index in [2.05, 4.69) is 30.7 Å². The van der Waals surface area contributed by atoms with Crippen molar-refractivity contribution in [3.05, 3.63) is 69.6 Å². The second-order valence-electron chi connectivity index (χ2n) is 6.94. The van der Waals surface area contributed by atoms with Gasteiger partial charge in [0.15, 0.2) is 0 Å². The first kappa shape index (κ1) is 30.2. The minimum Gasteiger partial charge on any atom is -0.398 e. The normalized spacial score (nSPS) is 12.9. The molecule has 2 aromatic rings. The molecule has 170 valence electrons.